The largest absolute Gasteiger partial charge is 0.480 e. The standard InChI is InChI=1S/C17H20N2O3/c1-15(2)16(3)9-10-17(15,14(21)22)13(20)12(16)19-18-11-7-5-4-6-8-11/h4-8,18H,9-10H2,1-3H3,(H,21,22). The fourth-order valence-corrected chi connectivity index (χ4v) is 4.08. The topological polar surface area (TPSA) is 78.8 Å². The highest BCUT2D eigenvalue weighted by Gasteiger charge is 2.77. The molecule has 5 nitrogen and oxygen atoms in total. The Morgan fingerprint density at radius 3 is 2.36 bits per heavy atom. The second kappa shape index (κ2) is 4.41. The Kier molecular flexibility index (Phi) is 2.96. The van der Waals surface area contributed by atoms with Gasteiger partial charge in [0.05, 0.1) is 5.69 Å². The maximum Gasteiger partial charge on any atom is 0.318 e. The second-order valence-electron chi connectivity index (χ2n) is 6.93. The van der Waals surface area contributed by atoms with Crippen molar-refractivity contribution in [3.8, 4) is 0 Å². The van der Waals surface area contributed by atoms with Gasteiger partial charge in [-0.15, -0.1) is 0 Å². The van der Waals surface area contributed by atoms with Gasteiger partial charge in [0.1, 0.15) is 11.1 Å². The van der Waals surface area contributed by atoms with Gasteiger partial charge in [-0.25, -0.2) is 0 Å². The number of hydrogen-bond donors (Lipinski definition) is 2. The van der Waals surface area contributed by atoms with E-state index in [1.54, 1.807) is 0 Å². The number of para-hydroxylation sites is 1. The highest BCUT2D eigenvalue weighted by Crippen LogP contribution is 2.69. The van der Waals surface area contributed by atoms with Crippen molar-refractivity contribution < 1.29 is 14.7 Å². The molecule has 116 valence electrons. The van der Waals surface area contributed by atoms with Crippen LogP contribution in [0.2, 0.25) is 0 Å². The molecule has 1 aromatic carbocycles. The number of carbonyl (C=O) groups excluding carboxylic acids is 1. The fraction of sp³-hybridized carbons (Fsp3) is 0.471. The van der Waals surface area contributed by atoms with Crippen LogP contribution >= 0.6 is 0 Å². The van der Waals surface area contributed by atoms with Crippen molar-refractivity contribution in [1.29, 1.82) is 0 Å². The summed E-state index contributed by atoms with van der Waals surface area (Å²) in [5.74, 6) is -1.38. The van der Waals surface area contributed by atoms with Crippen molar-refractivity contribution in [2.75, 3.05) is 5.43 Å². The molecule has 2 aliphatic carbocycles. The molecule has 22 heavy (non-hydrogen) atoms. The molecule has 0 radical (unpaired) electrons. The number of anilines is 1. The van der Waals surface area contributed by atoms with Crippen LogP contribution in [-0.2, 0) is 9.59 Å². The molecule has 2 saturated carbocycles. The number of nitrogens with zero attached hydrogens (tertiary/aromatic N) is 1. The second-order valence-corrected chi connectivity index (χ2v) is 6.93. The van der Waals surface area contributed by atoms with Crippen molar-refractivity contribution >= 4 is 23.2 Å². The van der Waals surface area contributed by atoms with Gasteiger partial charge in [0, 0.05) is 5.41 Å². The number of benzene rings is 1. The lowest BCUT2D eigenvalue weighted by Gasteiger charge is -2.36. The van der Waals surface area contributed by atoms with Gasteiger partial charge in [0.2, 0.25) is 0 Å². The van der Waals surface area contributed by atoms with E-state index in [1.807, 2.05) is 51.1 Å². The fourth-order valence-electron chi connectivity index (χ4n) is 4.08. The molecule has 0 spiro atoms. The summed E-state index contributed by atoms with van der Waals surface area (Å²) in [6, 6.07) is 9.33. The first-order chi connectivity index (χ1) is 10.3. The summed E-state index contributed by atoms with van der Waals surface area (Å²) in [6.45, 7) is 5.70. The number of rotatable bonds is 3. The number of ketones is 1. The summed E-state index contributed by atoms with van der Waals surface area (Å²) in [6.07, 6.45) is 1.04. The van der Waals surface area contributed by atoms with E-state index in [-0.39, 0.29) is 5.78 Å². The maximum atomic E-state index is 12.8. The van der Waals surface area contributed by atoms with E-state index in [0.29, 0.717) is 18.6 Å². The Morgan fingerprint density at radius 2 is 1.82 bits per heavy atom. The molecule has 1 aromatic rings. The molecule has 2 fully saturated rings. The van der Waals surface area contributed by atoms with Crippen molar-refractivity contribution in [2.45, 2.75) is 33.6 Å². The Labute approximate surface area is 129 Å². The molecule has 0 heterocycles. The summed E-state index contributed by atoms with van der Waals surface area (Å²) in [4.78, 5) is 24.7. The van der Waals surface area contributed by atoms with Crippen LogP contribution in [-0.4, -0.2) is 22.6 Å². The van der Waals surface area contributed by atoms with Crippen LogP contribution in [0.15, 0.2) is 35.4 Å². The van der Waals surface area contributed by atoms with E-state index < -0.39 is 22.2 Å². The molecular weight excluding hydrogens is 280 g/mol. The lowest BCUT2D eigenvalue weighted by atomic mass is 9.65. The molecule has 2 atom stereocenters. The highest BCUT2D eigenvalue weighted by molar-refractivity contribution is 6.50. The summed E-state index contributed by atoms with van der Waals surface area (Å²) in [5, 5.41) is 14.0. The first kappa shape index (κ1) is 14.8. The molecule has 0 amide bonds. The summed E-state index contributed by atoms with van der Waals surface area (Å²) < 4.78 is 0. The smallest absolute Gasteiger partial charge is 0.318 e. The minimum Gasteiger partial charge on any atom is -0.480 e. The van der Waals surface area contributed by atoms with Crippen molar-refractivity contribution in [2.24, 2.45) is 21.3 Å². The zero-order chi connectivity index (χ0) is 16.2. The van der Waals surface area contributed by atoms with Crippen molar-refractivity contribution in [1.82, 2.24) is 0 Å². The van der Waals surface area contributed by atoms with Crippen molar-refractivity contribution in [3.05, 3.63) is 30.3 Å². The van der Waals surface area contributed by atoms with Gasteiger partial charge in [0.15, 0.2) is 5.78 Å². The quantitative estimate of drug-likeness (QED) is 0.664. The molecule has 0 saturated heterocycles. The lowest BCUT2D eigenvalue weighted by Crippen LogP contribution is -2.44. The molecule has 0 aromatic heterocycles. The SMILES string of the molecule is CC12CCC(C(=O)O)(C(=O)C1=NNc1ccccc1)C2(C)C. The summed E-state index contributed by atoms with van der Waals surface area (Å²) >= 11 is 0. The third-order valence-electron chi connectivity index (χ3n) is 6.01. The van der Waals surface area contributed by atoms with E-state index in [1.165, 1.54) is 0 Å². The van der Waals surface area contributed by atoms with Gasteiger partial charge in [0.25, 0.3) is 0 Å². The monoisotopic (exact) mass is 300 g/mol. The van der Waals surface area contributed by atoms with E-state index in [9.17, 15) is 14.7 Å². The van der Waals surface area contributed by atoms with Crippen LogP contribution in [0.4, 0.5) is 5.69 Å². The van der Waals surface area contributed by atoms with Gasteiger partial charge >= 0.3 is 5.97 Å². The van der Waals surface area contributed by atoms with E-state index in [0.717, 1.165) is 5.69 Å². The molecule has 5 heteroatoms. The van der Waals surface area contributed by atoms with Crippen LogP contribution in [0.25, 0.3) is 0 Å². The number of hydrazone groups is 1. The van der Waals surface area contributed by atoms with Crippen molar-refractivity contribution in [3.63, 3.8) is 0 Å². The van der Waals surface area contributed by atoms with Crippen LogP contribution in [0, 0.1) is 16.2 Å². The summed E-state index contributed by atoms with van der Waals surface area (Å²) in [5.41, 5.74) is 1.50. The normalized spacial score (nSPS) is 34.1. The Hall–Kier alpha value is -2.17. The molecule has 0 aliphatic heterocycles. The van der Waals surface area contributed by atoms with Crippen LogP contribution < -0.4 is 5.43 Å². The van der Waals surface area contributed by atoms with Gasteiger partial charge in [-0.3, -0.25) is 15.0 Å². The van der Waals surface area contributed by atoms with Crippen LogP contribution in [0.1, 0.15) is 33.6 Å². The number of hydrogen-bond acceptors (Lipinski definition) is 4. The Balaban J connectivity index is 2.04. The highest BCUT2D eigenvalue weighted by atomic mass is 16.4. The summed E-state index contributed by atoms with van der Waals surface area (Å²) in [7, 11) is 0. The predicted molar refractivity (Wildman–Crippen MR) is 83.7 cm³/mol. The van der Waals surface area contributed by atoms with Crippen LogP contribution in [0.3, 0.4) is 0 Å². The zero-order valence-electron chi connectivity index (χ0n) is 13.0. The molecule has 3 rings (SSSR count). The first-order valence-electron chi connectivity index (χ1n) is 7.45. The lowest BCUT2D eigenvalue weighted by molar-refractivity contribution is -0.158. The van der Waals surface area contributed by atoms with Gasteiger partial charge in [-0.1, -0.05) is 39.0 Å². The van der Waals surface area contributed by atoms with E-state index in [2.05, 4.69) is 10.5 Å². The number of carbonyl (C=O) groups is 2. The molecule has 2 unspecified atom stereocenters. The van der Waals surface area contributed by atoms with Crippen LogP contribution in [0.5, 0.6) is 0 Å². The molecule has 2 aliphatic rings. The zero-order valence-corrected chi connectivity index (χ0v) is 13.0. The Morgan fingerprint density at radius 1 is 1.18 bits per heavy atom. The molecule has 2 N–H and O–H groups in total. The average molecular weight is 300 g/mol. The third-order valence-corrected chi connectivity index (χ3v) is 6.01. The van der Waals surface area contributed by atoms with Gasteiger partial charge < -0.3 is 5.11 Å². The average Bonchev–Trinajstić information content (AvgIpc) is 2.75. The number of fused-ring (bicyclic) bond motifs is 2. The number of carboxylic acid groups (broad SMARTS) is 1. The minimum atomic E-state index is -1.35. The first-order valence-corrected chi connectivity index (χ1v) is 7.45. The van der Waals surface area contributed by atoms with Gasteiger partial charge in [-0.2, -0.15) is 5.10 Å². The molecule has 2 bridgehead atoms. The number of Topliss-reactive ketones (excluding diaryl/α,β-unsaturated/α-hetero) is 1. The van der Waals surface area contributed by atoms with E-state index in [4.69, 9.17) is 0 Å². The number of carboxylic acids is 1. The van der Waals surface area contributed by atoms with Gasteiger partial charge in [-0.05, 0) is 30.4 Å². The minimum absolute atomic E-state index is 0.345. The predicted octanol–water partition coefficient (Wildman–Crippen LogP) is 2.93. The third kappa shape index (κ3) is 1.51. The maximum absolute atomic E-state index is 12.8. The van der Waals surface area contributed by atoms with E-state index >= 15 is 0 Å². The number of aliphatic carboxylic acids is 1. The Bertz CT molecular complexity index is 680. The molecular formula is C17H20N2O3. The number of nitrogens with one attached hydrogen (secondary N) is 1.